The van der Waals surface area contributed by atoms with Crippen molar-refractivity contribution < 1.29 is 9.47 Å². The fourth-order valence-electron chi connectivity index (χ4n) is 2.28. The smallest absolute Gasteiger partial charge is 0.119 e. The molecule has 3 nitrogen and oxygen atoms in total. The Balaban J connectivity index is 1.96. The molecule has 2 unspecified atom stereocenters. The lowest BCUT2D eigenvalue weighted by Gasteiger charge is -2.24. The molecule has 3 heteroatoms. The maximum Gasteiger partial charge on any atom is 0.119 e. The Bertz CT molecular complexity index is 331. The molecule has 0 radical (unpaired) electrons. The van der Waals surface area contributed by atoms with Gasteiger partial charge in [0.25, 0.3) is 0 Å². The zero-order valence-electron chi connectivity index (χ0n) is 10.6. The third kappa shape index (κ3) is 3.13. The van der Waals surface area contributed by atoms with Gasteiger partial charge in [-0.1, -0.05) is 6.92 Å². The van der Waals surface area contributed by atoms with Crippen LogP contribution in [-0.4, -0.2) is 25.9 Å². The summed E-state index contributed by atoms with van der Waals surface area (Å²) in [5.41, 5.74) is 1.13. The van der Waals surface area contributed by atoms with Gasteiger partial charge < -0.3 is 14.8 Å². The van der Waals surface area contributed by atoms with Gasteiger partial charge >= 0.3 is 0 Å². The second kappa shape index (κ2) is 5.92. The van der Waals surface area contributed by atoms with E-state index < -0.39 is 0 Å². The van der Waals surface area contributed by atoms with Gasteiger partial charge in [0.2, 0.25) is 0 Å². The van der Waals surface area contributed by atoms with Crippen LogP contribution in [0.15, 0.2) is 24.3 Å². The molecule has 0 amide bonds. The first-order valence-electron chi connectivity index (χ1n) is 6.35. The van der Waals surface area contributed by atoms with Crippen LogP contribution in [-0.2, 0) is 4.74 Å². The first kappa shape index (κ1) is 12.2. The van der Waals surface area contributed by atoms with Gasteiger partial charge in [-0.2, -0.15) is 0 Å². The second-order valence-corrected chi connectivity index (χ2v) is 4.44. The van der Waals surface area contributed by atoms with Crippen molar-refractivity contribution in [2.45, 2.75) is 38.3 Å². The molecule has 94 valence electrons. The lowest BCUT2D eigenvalue weighted by molar-refractivity contribution is 0.0943. The summed E-state index contributed by atoms with van der Waals surface area (Å²) in [6.07, 6.45) is 3.80. The van der Waals surface area contributed by atoms with Crippen molar-refractivity contribution in [1.29, 1.82) is 0 Å². The molecule has 2 atom stereocenters. The zero-order chi connectivity index (χ0) is 12.1. The Hall–Kier alpha value is -1.22. The number of benzene rings is 1. The monoisotopic (exact) mass is 235 g/mol. The minimum atomic E-state index is 0.363. The van der Waals surface area contributed by atoms with Crippen LogP contribution in [0.5, 0.6) is 5.75 Å². The molecule has 2 rings (SSSR count). The van der Waals surface area contributed by atoms with E-state index in [1.807, 2.05) is 12.1 Å². The van der Waals surface area contributed by atoms with Crippen LogP contribution < -0.4 is 10.1 Å². The number of methoxy groups -OCH3 is 1. The number of ether oxygens (including phenoxy) is 2. The lowest BCUT2D eigenvalue weighted by Crippen LogP contribution is -2.32. The van der Waals surface area contributed by atoms with Gasteiger partial charge in [0.05, 0.1) is 19.3 Å². The molecule has 0 bridgehead atoms. The number of anilines is 1. The third-order valence-electron chi connectivity index (χ3n) is 3.30. The molecular weight excluding hydrogens is 214 g/mol. The van der Waals surface area contributed by atoms with Crippen molar-refractivity contribution in [2.75, 3.05) is 19.0 Å². The van der Waals surface area contributed by atoms with Crippen LogP contribution in [0.4, 0.5) is 5.69 Å². The van der Waals surface area contributed by atoms with E-state index in [2.05, 4.69) is 24.4 Å². The molecule has 1 aromatic rings. The van der Waals surface area contributed by atoms with E-state index in [9.17, 15) is 0 Å². The highest BCUT2D eigenvalue weighted by molar-refractivity contribution is 5.47. The molecule has 1 saturated heterocycles. The SMILES string of the molecule is CCC(Nc1ccc(OC)cc1)C1CCCO1. The minimum absolute atomic E-state index is 0.363. The Morgan fingerprint density at radius 2 is 2.18 bits per heavy atom. The molecule has 1 heterocycles. The maximum atomic E-state index is 5.74. The van der Waals surface area contributed by atoms with Gasteiger partial charge in [-0.3, -0.25) is 0 Å². The highest BCUT2D eigenvalue weighted by atomic mass is 16.5. The van der Waals surface area contributed by atoms with E-state index in [1.54, 1.807) is 7.11 Å². The summed E-state index contributed by atoms with van der Waals surface area (Å²) in [4.78, 5) is 0. The predicted octanol–water partition coefficient (Wildman–Crippen LogP) is 3.06. The number of hydrogen-bond donors (Lipinski definition) is 1. The van der Waals surface area contributed by atoms with Crippen LogP contribution in [0.2, 0.25) is 0 Å². The van der Waals surface area contributed by atoms with Gasteiger partial charge in [0.1, 0.15) is 5.75 Å². The zero-order valence-corrected chi connectivity index (χ0v) is 10.6. The number of nitrogens with one attached hydrogen (secondary N) is 1. The number of hydrogen-bond acceptors (Lipinski definition) is 3. The maximum absolute atomic E-state index is 5.74. The van der Waals surface area contributed by atoms with Crippen LogP contribution in [0, 0.1) is 0 Å². The average Bonchev–Trinajstić information content (AvgIpc) is 2.90. The highest BCUT2D eigenvalue weighted by Crippen LogP contribution is 2.22. The second-order valence-electron chi connectivity index (χ2n) is 4.44. The van der Waals surface area contributed by atoms with Crippen molar-refractivity contribution >= 4 is 5.69 Å². The molecule has 0 saturated carbocycles. The molecular formula is C14H21NO2. The predicted molar refractivity (Wildman–Crippen MR) is 69.7 cm³/mol. The first-order chi connectivity index (χ1) is 8.33. The molecule has 1 aliphatic rings. The van der Waals surface area contributed by atoms with Crippen LogP contribution in [0.3, 0.4) is 0 Å². The molecule has 1 fully saturated rings. The van der Waals surface area contributed by atoms with E-state index in [-0.39, 0.29) is 0 Å². The number of rotatable bonds is 5. The Kier molecular flexibility index (Phi) is 4.26. The summed E-state index contributed by atoms with van der Waals surface area (Å²) in [5, 5.41) is 3.54. The fraction of sp³-hybridized carbons (Fsp3) is 0.571. The summed E-state index contributed by atoms with van der Waals surface area (Å²) in [5.74, 6) is 0.890. The Morgan fingerprint density at radius 3 is 2.71 bits per heavy atom. The van der Waals surface area contributed by atoms with Gasteiger partial charge in [0, 0.05) is 12.3 Å². The van der Waals surface area contributed by atoms with E-state index in [4.69, 9.17) is 9.47 Å². The van der Waals surface area contributed by atoms with E-state index >= 15 is 0 Å². The summed E-state index contributed by atoms with van der Waals surface area (Å²) < 4.78 is 10.9. The largest absolute Gasteiger partial charge is 0.497 e. The molecule has 0 aromatic heterocycles. The fourth-order valence-corrected chi connectivity index (χ4v) is 2.28. The van der Waals surface area contributed by atoms with Crippen molar-refractivity contribution in [1.82, 2.24) is 0 Å². The van der Waals surface area contributed by atoms with E-state index in [0.29, 0.717) is 12.1 Å². The lowest BCUT2D eigenvalue weighted by atomic mass is 10.1. The molecule has 1 aliphatic heterocycles. The van der Waals surface area contributed by atoms with Gasteiger partial charge in [-0.15, -0.1) is 0 Å². The molecule has 0 aliphatic carbocycles. The molecule has 17 heavy (non-hydrogen) atoms. The summed E-state index contributed by atoms with van der Waals surface area (Å²) in [6.45, 7) is 3.11. The normalized spacial score (nSPS) is 21.2. The summed E-state index contributed by atoms with van der Waals surface area (Å²) >= 11 is 0. The van der Waals surface area contributed by atoms with E-state index in [0.717, 1.165) is 24.5 Å². The van der Waals surface area contributed by atoms with E-state index in [1.165, 1.54) is 12.8 Å². The van der Waals surface area contributed by atoms with Crippen molar-refractivity contribution in [2.24, 2.45) is 0 Å². The first-order valence-corrected chi connectivity index (χ1v) is 6.35. The van der Waals surface area contributed by atoms with Gasteiger partial charge in [0.15, 0.2) is 0 Å². The molecule has 1 N–H and O–H groups in total. The minimum Gasteiger partial charge on any atom is -0.497 e. The van der Waals surface area contributed by atoms with Gasteiger partial charge in [-0.05, 0) is 43.5 Å². The van der Waals surface area contributed by atoms with Crippen LogP contribution in [0.1, 0.15) is 26.2 Å². The highest BCUT2D eigenvalue weighted by Gasteiger charge is 2.24. The average molecular weight is 235 g/mol. The van der Waals surface area contributed by atoms with Crippen molar-refractivity contribution in [3.63, 3.8) is 0 Å². The topological polar surface area (TPSA) is 30.5 Å². The third-order valence-corrected chi connectivity index (χ3v) is 3.30. The standard InChI is InChI=1S/C14H21NO2/c1-3-13(14-5-4-10-17-14)15-11-6-8-12(16-2)9-7-11/h6-9,13-15H,3-5,10H2,1-2H3. The quantitative estimate of drug-likeness (QED) is 0.850. The summed E-state index contributed by atoms with van der Waals surface area (Å²) in [7, 11) is 1.68. The molecule has 1 aromatic carbocycles. The van der Waals surface area contributed by atoms with Crippen molar-refractivity contribution in [3.05, 3.63) is 24.3 Å². The Morgan fingerprint density at radius 1 is 1.41 bits per heavy atom. The van der Waals surface area contributed by atoms with Crippen LogP contribution >= 0.6 is 0 Å². The van der Waals surface area contributed by atoms with Crippen molar-refractivity contribution in [3.8, 4) is 5.75 Å². The molecule has 0 spiro atoms. The van der Waals surface area contributed by atoms with Gasteiger partial charge in [-0.25, -0.2) is 0 Å². The Labute approximate surface area is 103 Å². The summed E-state index contributed by atoms with van der Waals surface area (Å²) in [6, 6.07) is 8.47. The van der Waals surface area contributed by atoms with Crippen LogP contribution in [0.25, 0.3) is 0 Å².